The van der Waals surface area contributed by atoms with Gasteiger partial charge in [0.2, 0.25) is 5.91 Å². The largest absolute Gasteiger partial charge is 0.459 e. The van der Waals surface area contributed by atoms with Crippen LogP contribution in [-0.2, 0) is 4.79 Å². The average Bonchev–Trinajstić information content (AvgIpc) is 3.36. The smallest absolute Gasteiger partial charge is 0.286 e. The Morgan fingerprint density at radius 1 is 1.25 bits per heavy atom. The Bertz CT molecular complexity index is 646. The minimum Gasteiger partial charge on any atom is -0.459 e. The zero-order valence-corrected chi connectivity index (χ0v) is 14.3. The third-order valence-corrected chi connectivity index (χ3v) is 5.38. The molecular formula is C18H22N2O3S. The van der Waals surface area contributed by atoms with Crippen molar-refractivity contribution in [2.45, 2.75) is 38.1 Å². The van der Waals surface area contributed by atoms with E-state index in [4.69, 9.17) is 4.42 Å². The van der Waals surface area contributed by atoms with Gasteiger partial charge >= 0.3 is 0 Å². The second kappa shape index (κ2) is 8.15. The van der Waals surface area contributed by atoms with E-state index in [-0.39, 0.29) is 30.0 Å². The molecule has 6 heteroatoms. The molecule has 1 fully saturated rings. The quantitative estimate of drug-likeness (QED) is 0.806. The van der Waals surface area contributed by atoms with Crippen molar-refractivity contribution in [1.29, 1.82) is 0 Å². The fourth-order valence-corrected chi connectivity index (χ4v) is 4.08. The molecule has 2 aromatic rings. The summed E-state index contributed by atoms with van der Waals surface area (Å²) in [6.07, 6.45) is 6.52. The average molecular weight is 346 g/mol. The first-order valence-corrected chi connectivity index (χ1v) is 9.26. The summed E-state index contributed by atoms with van der Waals surface area (Å²) in [6, 6.07) is 7.47. The van der Waals surface area contributed by atoms with Gasteiger partial charge in [-0.05, 0) is 42.3 Å². The Morgan fingerprint density at radius 3 is 2.75 bits per heavy atom. The van der Waals surface area contributed by atoms with E-state index in [0.29, 0.717) is 12.5 Å². The number of nitrogens with one attached hydrogen (secondary N) is 2. The first-order valence-electron chi connectivity index (χ1n) is 8.38. The predicted octanol–water partition coefficient (Wildman–Crippen LogP) is 3.51. The molecule has 0 spiro atoms. The summed E-state index contributed by atoms with van der Waals surface area (Å²) < 4.78 is 5.02. The second-order valence-corrected chi connectivity index (χ2v) is 7.07. The molecule has 2 N–H and O–H groups in total. The van der Waals surface area contributed by atoms with Gasteiger partial charge in [-0.2, -0.15) is 0 Å². The van der Waals surface area contributed by atoms with Crippen molar-refractivity contribution in [3.05, 3.63) is 46.5 Å². The highest BCUT2D eigenvalue weighted by Gasteiger charge is 2.28. The monoisotopic (exact) mass is 346 g/mol. The molecular weight excluding hydrogens is 324 g/mol. The van der Waals surface area contributed by atoms with Gasteiger partial charge in [-0.3, -0.25) is 9.59 Å². The molecule has 24 heavy (non-hydrogen) atoms. The number of rotatable bonds is 7. The van der Waals surface area contributed by atoms with Gasteiger partial charge in [-0.1, -0.05) is 18.9 Å². The normalized spacial score (nSPS) is 16.0. The van der Waals surface area contributed by atoms with Crippen molar-refractivity contribution >= 4 is 23.2 Å². The van der Waals surface area contributed by atoms with Crippen molar-refractivity contribution in [2.75, 3.05) is 6.54 Å². The summed E-state index contributed by atoms with van der Waals surface area (Å²) in [5, 5.41) is 7.92. The molecule has 2 amide bonds. The second-order valence-electron chi connectivity index (χ2n) is 6.09. The number of thiophene rings is 1. The minimum absolute atomic E-state index is 0.0277. The van der Waals surface area contributed by atoms with Crippen molar-refractivity contribution in [2.24, 2.45) is 5.92 Å². The summed E-state index contributed by atoms with van der Waals surface area (Å²) >= 11 is 1.69. The maximum absolute atomic E-state index is 12.3. The molecule has 128 valence electrons. The summed E-state index contributed by atoms with van der Waals surface area (Å²) in [4.78, 5) is 25.3. The molecule has 0 bridgehead atoms. The lowest BCUT2D eigenvalue weighted by molar-refractivity contribution is -0.122. The van der Waals surface area contributed by atoms with Crippen molar-refractivity contribution in [3.63, 3.8) is 0 Å². The van der Waals surface area contributed by atoms with Crippen LogP contribution in [0.15, 0.2) is 40.3 Å². The maximum atomic E-state index is 12.3. The highest BCUT2D eigenvalue weighted by Crippen LogP contribution is 2.37. The molecule has 0 aromatic carbocycles. The summed E-state index contributed by atoms with van der Waals surface area (Å²) in [5.41, 5.74) is 0. The molecule has 0 unspecified atom stereocenters. The van der Waals surface area contributed by atoms with E-state index in [1.54, 1.807) is 23.5 Å². The minimum atomic E-state index is -0.293. The Balaban J connectivity index is 1.49. The number of carbonyl (C=O) groups excluding carboxylic acids is 2. The van der Waals surface area contributed by atoms with Crippen LogP contribution in [0, 0.1) is 5.92 Å². The molecule has 3 rings (SSSR count). The molecule has 1 aliphatic rings. The van der Waals surface area contributed by atoms with Gasteiger partial charge in [0.05, 0.1) is 12.3 Å². The third kappa shape index (κ3) is 4.26. The van der Waals surface area contributed by atoms with Gasteiger partial charge in [0.25, 0.3) is 5.91 Å². The molecule has 2 heterocycles. The van der Waals surface area contributed by atoms with Gasteiger partial charge in [0.15, 0.2) is 5.76 Å². The van der Waals surface area contributed by atoms with Gasteiger partial charge in [-0.15, -0.1) is 11.3 Å². The molecule has 0 radical (unpaired) electrons. The van der Waals surface area contributed by atoms with Crippen LogP contribution in [0.5, 0.6) is 0 Å². The van der Waals surface area contributed by atoms with Crippen LogP contribution in [0.25, 0.3) is 0 Å². The molecule has 1 saturated carbocycles. The van der Waals surface area contributed by atoms with Crippen LogP contribution < -0.4 is 10.6 Å². The summed E-state index contributed by atoms with van der Waals surface area (Å²) in [5.74, 6) is 0.460. The Labute approximate surface area is 145 Å². The lowest BCUT2D eigenvalue weighted by atomic mass is 9.96. The van der Waals surface area contributed by atoms with Crippen LogP contribution >= 0.6 is 11.3 Å². The molecule has 0 saturated heterocycles. The van der Waals surface area contributed by atoms with E-state index in [2.05, 4.69) is 16.7 Å². The van der Waals surface area contributed by atoms with E-state index < -0.39 is 0 Å². The molecule has 0 aliphatic heterocycles. The summed E-state index contributed by atoms with van der Waals surface area (Å²) in [6.45, 7) is 0.299. The number of hydrogen-bond acceptors (Lipinski definition) is 4. The number of furan rings is 1. The highest BCUT2D eigenvalue weighted by atomic mass is 32.1. The zero-order valence-electron chi connectivity index (χ0n) is 13.5. The topological polar surface area (TPSA) is 71.3 Å². The van der Waals surface area contributed by atoms with Crippen LogP contribution in [-0.4, -0.2) is 18.4 Å². The Morgan fingerprint density at radius 2 is 2.08 bits per heavy atom. The Kier molecular flexibility index (Phi) is 5.69. The van der Waals surface area contributed by atoms with Gasteiger partial charge in [-0.25, -0.2) is 0 Å². The van der Waals surface area contributed by atoms with Crippen molar-refractivity contribution in [1.82, 2.24) is 10.6 Å². The van der Waals surface area contributed by atoms with Crippen LogP contribution in [0.3, 0.4) is 0 Å². The SMILES string of the molecule is O=C(CCNC(=O)c1ccco1)N[C@H](c1cccs1)C1CCCC1. The standard InChI is InChI=1S/C18H22N2O3S/c21-16(9-10-19-18(22)14-7-3-11-23-14)20-17(13-5-1-2-6-13)15-8-4-12-24-15/h3-4,7-8,11-13,17H,1-2,5-6,9-10H2,(H,19,22)(H,20,21)/t17-/m0/s1. The zero-order chi connectivity index (χ0) is 16.8. The van der Waals surface area contributed by atoms with Gasteiger partial charge in [0, 0.05) is 17.8 Å². The van der Waals surface area contributed by atoms with E-state index in [1.165, 1.54) is 24.0 Å². The van der Waals surface area contributed by atoms with E-state index in [0.717, 1.165) is 12.8 Å². The number of amides is 2. The first kappa shape index (κ1) is 16.8. The van der Waals surface area contributed by atoms with E-state index in [9.17, 15) is 9.59 Å². The van der Waals surface area contributed by atoms with E-state index in [1.807, 2.05) is 11.4 Å². The van der Waals surface area contributed by atoms with Crippen molar-refractivity contribution in [3.8, 4) is 0 Å². The third-order valence-electron chi connectivity index (χ3n) is 4.42. The first-order chi connectivity index (χ1) is 11.7. The van der Waals surface area contributed by atoms with Crippen LogP contribution in [0.4, 0.5) is 0 Å². The Hall–Kier alpha value is -2.08. The van der Waals surface area contributed by atoms with Crippen molar-refractivity contribution < 1.29 is 14.0 Å². The molecule has 1 aliphatic carbocycles. The summed E-state index contributed by atoms with van der Waals surface area (Å²) in [7, 11) is 0. The fourth-order valence-electron chi connectivity index (χ4n) is 3.21. The predicted molar refractivity (Wildman–Crippen MR) is 92.8 cm³/mol. The van der Waals surface area contributed by atoms with Gasteiger partial charge in [0.1, 0.15) is 0 Å². The number of hydrogen-bond donors (Lipinski definition) is 2. The van der Waals surface area contributed by atoms with Crippen LogP contribution in [0.1, 0.15) is 53.6 Å². The lowest BCUT2D eigenvalue weighted by Crippen LogP contribution is -2.35. The highest BCUT2D eigenvalue weighted by molar-refractivity contribution is 7.10. The lowest BCUT2D eigenvalue weighted by Gasteiger charge is -2.23. The number of carbonyl (C=O) groups is 2. The fraction of sp³-hybridized carbons (Fsp3) is 0.444. The maximum Gasteiger partial charge on any atom is 0.286 e. The van der Waals surface area contributed by atoms with Gasteiger partial charge < -0.3 is 15.1 Å². The van der Waals surface area contributed by atoms with Crippen LogP contribution in [0.2, 0.25) is 0 Å². The molecule has 5 nitrogen and oxygen atoms in total. The van der Waals surface area contributed by atoms with E-state index >= 15 is 0 Å². The molecule has 1 atom stereocenters. The molecule has 2 aromatic heterocycles.